The van der Waals surface area contributed by atoms with Crippen LogP contribution in [0.25, 0.3) is 0 Å². The van der Waals surface area contributed by atoms with Gasteiger partial charge in [-0.25, -0.2) is 8.78 Å². The number of amides is 1. The monoisotopic (exact) mass is 285 g/mol. The third-order valence-corrected chi connectivity index (χ3v) is 3.30. The van der Waals surface area contributed by atoms with Crippen molar-refractivity contribution in [2.45, 2.75) is 33.1 Å². The summed E-state index contributed by atoms with van der Waals surface area (Å²) in [7, 11) is 0. The summed E-state index contributed by atoms with van der Waals surface area (Å²) in [6.45, 7) is 3.83. The van der Waals surface area contributed by atoms with Crippen molar-refractivity contribution in [2.75, 3.05) is 13.2 Å². The Morgan fingerprint density at radius 1 is 1.35 bits per heavy atom. The number of nitrogens with one attached hydrogen (secondary N) is 1. The van der Waals surface area contributed by atoms with E-state index in [-0.39, 0.29) is 18.1 Å². The largest absolute Gasteiger partial charge is 0.396 e. The first-order chi connectivity index (χ1) is 9.51. The summed E-state index contributed by atoms with van der Waals surface area (Å²) in [5.41, 5.74) is -0.304. The first-order valence-corrected chi connectivity index (χ1v) is 6.84. The van der Waals surface area contributed by atoms with Crippen molar-refractivity contribution >= 4 is 5.91 Å². The van der Waals surface area contributed by atoms with Gasteiger partial charge in [0, 0.05) is 13.2 Å². The average Bonchev–Trinajstić information content (AvgIpc) is 2.41. The SMILES string of the molecule is CCCC(CCO)CNC(=O)c1c(F)ccc(C)c1F. The topological polar surface area (TPSA) is 49.3 Å². The van der Waals surface area contributed by atoms with Crippen LogP contribution in [0.2, 0.25) is 0 Å². The normalized spacial score (nSPS) is 12.2. The Hall–Kier alpha value is -1.49. The molecule has 1 amide bonds. The van der Waals surface area contributed by atoms with Crippen LogP contribution in [0.5, 0.6) is 0 Å². The zero-order chi connectivity index (χ0) is 15.1. The molecule has 1 unspecified atom stereocenters. The highest BCUT2D eigenvalue weighted by Crippen LogP contribution is 2.16. The Balaban J connectivity index is 2.74. The van der Waals surface area contributed by atoms with E-state index >= 15 is 0 Å². The van der Waals surface area contributed by atoms with Crippen molar-refractivity contribution in [2.24, 2.45) is 5.92 Å². The Bertz CT molecular complexity index is 457. The summed E-state index contributed by atoms with van der Waals surface area (Å²) >= 11 is 0. The molecule has 1 aromatic rings. The van der Waals surface area contributed by atoms with Gasteiger partial charge < -0.3 is 10.4 Å². The van der Waals surface area contributed by atoms with E-state index in [1.807, 2.05) is 6.92 Å². The molecule has 0 aromatic heterocycles. The van der Waals surface area contributed by atoms with Gasteiger partial charge in [0.2, 0.25) is 0 Å². The summed E-state index contributed by atoms with van der Waals surface area (Å²) in [6, 6.07) is 2.39. The maximum Gasteiger partial charge on any atom is 0.257 e. The van der Waals surface area contributed by atoms with Crippen molar-refractivity contribution in [3.05, 3.63) is 34.9 Å². The van der Waals surface area contributed by atoms with E-state index in [2.05, 4.69) is 5.32 Å². The number of benzene rings is 1. The third-order valence-electron chi connectivity index (χ3n) is 3.30. The molecule has 0 aliphatic carbocycles. The molecule has 1 aromatic carbocycles. The molecule has 3 nitrogen and oxygen atoms in total. The minimum atomic E-state index is -0.861. The highest BCUT2D eigenvalue weighted by atomic mass is 19.1. The van der Waals surface area contributed by atoms with Gasteiger partial charge in [-0.15, -0.1) is 0 Å². The molecule has 5 heteroatoms. The number of hydrogen-bond acceptors (Lipinski definition) is 2. The fourth-order valence-electron chi connectivity index (χ4n) is 2.13. The zero-order valence-corrected chi connectivity index (χ0v) is 11.9. The summed E-state index contributed by atoms with van der Waals surface area (Å²) in [5, 5.41) is 11.5. The van der Waals surface area contributed by atoms with E-state index in [0.29, 0.717) is 13.0 Å². The lowest BCUT2D eigenvalue weighted by atomic mass is 10.00. The van der Waals surface area contributed by atoms with Gasteiger partial charge in [0.05, 0.1) is 0 Å². The lowest BCUT2D eigenvalue weighted by Crippen LogP contribution is -2.31. The van der Waals surface area contributed by atoms with Gasteiger partial charge in [-0.3, -0.25) is 4.79 Å². The van der Waals surface area contributed by atoms with Crippen molar-refractivity contribution in [1.29, 1.82) is 0 Å². The molecule has 0 saturated carbocycles. The van der Waals surface area contributed by atoms with Crippen molar-refractivity contribution in [1.82, 2.24) is 5.32 Å². The zero-order valence-electron chi connectivity index (χ0n) is 11.9. The highest BCUT2D eigenvalue weighted by molar-refractivity contribution is 5.94. The number of carbonyl (C=O) groups is 1. The van der Waals surface area contributed by atoms with Crippen LogP contribution >= 0.6 is 0 Å². The van der Waals surface area contributed by atoms with Crippen LogP contribution in [0.4, 0.5) is 8.78 Å². The number of hydrogen-bond donors (Lipinski definition) is 2. The molecule has 0 aliphatic rings. The van der Waals surface area contributed by atoms with Gasteiger partial charge in [0.15, 0.2) is 0 Å². The summed E-state index contributed by atoms with van der Waals surface area (Å²) in [4.78, 5) is 11.9. The van der Waals surface area contributed by atoms with Crippen molar-refractivity contribution in [3.8, 4) is 0 Å². The summed E-state index contributed by atoms with van der Waals surface area (Å²) in [6.07, 6.45) is 2.33. The molecule has 0 heterocycles. The fraction of sp³-hybridized carbons (Fsp3) is 0.533. The summed E-state index contributed by atoms with van der Waals surface area (Å²) in [5.74, 6) is -2.32. The van der Waals surface area contributed by atoms with Crippen LogP contribution in [0.3, 0.4) is 0 Å². The van der Waals surface area contributed by atoms with Gasteiger partial charge in [0.1, 0.15) is 17.2 Å². The van der Waals surface area contributed by atoms with Crippen LogP contribution in [-0.4, -0.2) is 24.2 Å². The molecule has 0 bridgehead atoms. The molecule has 1 atom stereocenters. The molecule has 0 radical (unpaired) electrons. The number of aryl methyl sites for hydroxylation is 1. The second-order valence-corrected chi connectivity index (χ2v) is 4.93. The smallest absolute Gasteiger partial charge is 0.257 e. The maximum absolute atomic E-state index is 13.8. The molecular formula is C15H21F2NO2. The third kappa shape index (κ3) is 4.27. The van der Waals surface area contributed by atoms with Gasteiger partial charge in [0.25, 0.3) is 5.91 Å². The number of aliphatic hydroxyl groups excluding tert-OH is 1. The molecule has 0 spiro atoms. The Morgan fingerprint density at radius 3 is 2.65 bits per heavy atom. The van der Waals surface area contributed by atoms with Crippen molar-refractivity contribution in [3.63, 3.8) is 0 Å². The molecule has 20 heavy (non-hydrogen) atoms. The average molecular weight is 285 g/mol. The van der Waals surface area contributed by atoms with Crippen LogP contribution in [-0.2, 0) is 0 Å². The van der Waals surface area contributed by atoms with E-state index in [1.165, 1.54) is 13.0 Å². The van der Waals surface area contributed by atoms with Crippen molar-refractivity contribution < 1.29 is 18.7 Å². The van der Waals surface area contributed by atoms with Crippen LogP contribution in [0.1, 0.15) is 42.1 Å². The molecule has 112 valence electrons. The van der Waals surface area contributed by atoms with Gasteiger partial charge in [-0.05, 0) is 37.3 Å². The predicted molar refractivity (Wildman–Crippen MR) is 73.5 cm³/mol. The first kappa shape index (κ1) is 16.6. The lowest BCUT2D eigenvalue weighted by Gasteiger charge is -2.16. The molecule has 0 fully saturated rings. The lowest BCUT2D eigenvalue weighted by molar-refractivity contribution is 0.0934. The number of carbonyl (C=O) groups excluding carboxylic acids is 1. The first-order valence-electron chi connectivity index (χ1n) is 6.84. The second kappa shape index (κ2) is 7.94. The molecule has 0 saturated heterocycles. The van der Waals surface area contributed by atoms with E-state index in [1.54, 1.807) is 0 Å². The molecular weight excluding hydrogens is 264 g/mol. The molecule has 1 rings (SSSR count). The quantitative estimate of drug-likeness (QED) is 0.809. The summed E-state index contributed by atoms with van der Waals surface area (Å²) < 4.78 is 27.4. The second-order valence-electron chi connectivity index (χ2n) is 4.93. The predicted octanol–water partition coefficient (Wildman–Crippen LogP) is 2.80. The van der Waals surface area contributed by atoms with Gasteiger partial charge >= 0.3 is 0 Å². The standard InChI is InChI=1S/C15H21F2NO2/c1-3-4-11(7-8-19)9-18-15(20)13-12(16)6-5-10(2)14(13)17/h5-6,11,19H,3-4,7-9H2,1-2H3,(H,18,20). The molecule has 0 aliphatic heterocycles. The highest BCUT2D eigenvalue weighted by Gasteiger charge is 2.19. The van der Waals surface area contributed by atoms with E-state index in [0.717, 1.165) is 18.9 Å². The fourth-order valence-corrected chi connectivity index (χ4v) is 2.13. The van der Waals surface area contributed by atoms with Gasteiger partial charge in [-0.1, -0.05) is 19.4 Å². The number of halogens is 2. The van der Waals surface area contributed by atoms with Crippen LogP contribution in [0.15, 0.2) is 12.1 Å². The van der Waals surface area contributed by atoms with E-state index in [9.17, 15) is 13.6 Å². The maximum atomic E-state index is 13.8. The van der Waals surface area contributed by atoms with E-state index in [4.69, 9.17) is 5.11 Å². The van der Waals surface area contributed by atoms with Gasteiger partial charge in [-0.2, -0.15) is 0 Å². The number of rotatable bonds is 7. The Morgan fingerprint density at radius 2 is 2.05 bits per heavy atom. The minimum Gasteiger partial charge on any atom is -0.396 e. The molecule has 2 N–H and O–H groups in total. The van der Waals surface area contributed by atoms with Crippen LogP contribution < -0.4 is 5.32 Å². The minimum absolute atomic E-state index is 0.0354. The van der Waals surface area contributed by atoms with E-state index < -0.39 is 23.1 Å². The Labute approximate surface area is 118 Å². The Kier molecular flexibility index (Phi) is 6.58. The number of aliphatic hydroxyl groups is 1. The van der Waals surface area contributed by atoms with Crippen LogP contribution in [0, 0.1) is 24.5 Å².